The Labute approximate surface area is 166 Å². The zero-order valence-corrected chi connectivity index (χ0v) is 15.5. The number of carbonyl (C=O) groups excluding carboxylic acids is 1. The number of hydrogen-bond acceptors (Lipinski definition) is 5. The van der Waals surface area contributed by atoms with Crippen molar-refractivity contribution in [2.24, 2.45) is 4.99 Å². The molecule has 3 aromatic carbocycles. The van der Waals surface area contributed by atoms with Crippen molar-refractivity contribution in [3.8, 4) is 11.5 Å². The highest BCUT2D eigenvalue weighted by molar-refractivity contribution is 8.19. The van der Waals surface area contributed by atoms with Gasteiger partial charge in [-0.25, -0.2) is 4.99 Å². The lowest BCUT2D eigenvalue weighted by atomic mass is 10.2. The van der Waals surface area contributed by atoms with E-state index in [9.17, 15) is 15.0 Å². The quantitative estimate of drug-likeness (QED) is 0.626. The van der Waals surface area contributed by atoms with E-state index in [-0.39, 0.29) is 17.4 Å². The second-order valence-corrected chi connectivity index (χ2v) is 7.04. The molecule has 1 saturated heterocycles. The van der Waals surface area contributed by atoms with Crippen LogP contribution < -0.4 is 4.90 Å². The molecule has 0 aliphatic carbocycles. The number of anilines is 1. The summed E-state index contributed by atoms with van der Waals surface area (Å²) in [6.07, 6.45) is 1.79. The summed E-state index contributed by atoms with van der Waals surface area (Å²) in [5, 5.41) is 20.7. The van der Waals surface area contributed by atoms with Gasteiger partial charge >= 0.3 is 0 Å². The van der Waals surface area contributed by atoms with Crippen LogP contribution in [-0.2, 0) is 4.79 Å². The van der Waals surface area contributed by atoms with Crippen LogP contribution in [-0.4, -0.2) is 21.3 Å². The Morgan fingerprint density at radius 2 is 1.46 bits per heavy atom. The molecule has 0 radical (unpaired) electrons. The first-order chi connectivity index (χ1) is 13.6. The third-order valence-corrected chi connectivity index (χ3v) is 5.09. The summed E-state index contributed by atoms with van der Waals surface area (Å²) in [7, 11) is 0. The Balaban J connectivity index is 1.82. The molecule has 0 aromatic heterocycles. The fourth-order valence-electron chi connectivity index (χ4n) is 2.78. The van der Waals surface area contributed by atoms with Gasteiger partial charge in [0.15, 0.2) is 5.17 Å². The molecule has 0 spiro atoms. The monoisotopic (exact) mass is 388 g/mol. The van der Waals surface area contributed by atoms with Crippen LogP contribution >= 0.6 is 11.8 Å². The van der Waals surface area contributed by atoms with E-state index in [1.54, 1.807) is 42.5 Å². The van der Waals surface area contributed by atoms with Gasteiger partial charge in [-0.2, -0.15) is 0 Å². The predicted octanol–water partition coefficient (Wildman–Crippen LogP) is 4.91. The second kappa shape index (κ2) is 7.62. The first kappa shape index (κ1) is 17.9. The Morgan fingerprint density at radius 1 is 0.821 bits per heavy atom. The van der Waals surface area contributed by atoms with Gasteiger partial charge in [-0.15, -0.1) is 0 Å². The normalized spacial score (nSPS) is 16.9. The number of phenols is 2. The van der Waals surface area contributed by atoms with Crippen molar-refractivity contribution < 1.29 is 15.0 Å². The highest BCUT2D eigenvalue weighted by Crippen LogP contribution is 2.41. The number of phenolic OH excluding ortho intramolecular Hbond substituents is 2. The standard InChI is InChI=1S/C22H16N2O3S/c25-18-12-6-4-10-16(18)23-22-24(17-11-5-7-13-19(17)26)21(27)20(28-22)14-15-8-2-1-3-9-15/h1-14,25-26H/b20-14-,23-22?. The molecule has 5 nitrogen and oxygen atoms in total. The topological polar surface area (TPSA) is 73.1 Å². The van der Waals surface area contributed by atoms with Gasteiger partial charge in [0.1, 0.15) is 17.2 Å². The number of para-hydroxylation sites is 4. The van der Waals surface area contributed by atoms with Crippen molar-refractivity contribution in [3.63, 3.8) is 0 Å². The Bertz CT molecular complexity index is 1090. The molecule has 138 valence electrons. The fraction of sp³-hybridized carbons (Fsp3) is 0. The molecular weight excluding hydrogens is 372 g/mol. The highest BCUT2D eigenvalue weighted by atomic mass is 32.2. The van der Waals surface area contributed by atoms with Crippen LogP contribution in [0, 0.1) is 0 Å². The van der Waals surface area contributed by atoms with Crippen LogP contribution in [0.25, 0.3) is 6.08 Å². The maximum Gasteiger partial charge on any atom is 0.271 e. The number of aromatic hydroxyl groups is 2. The maximum atomic E-state index is 13.1. The average molecular weight is 388 g/mol. The van der Waals surface area contributed by atoms with Crippen LogP contribution in [0.1, 0.15) is 5.56 Å². The molecule has 6 heteroatoms. The second-order valence-electron chi connectivity index (χ2n) is 6.03. The van der Waals surface area contributed by atoms with Gasteiger partial charge in [0.25, 0.3) is 5.91 Å². The summed E-state index contributed by atoms with van der Waals surface area (Å²) in [6.45, 7) is 0. The molecule has 4 rings (SSSR count). The van der Waals surface area contributed by atoms with E-state index in [1.165, 1.54) is 28.8 Å². The zero-order valence-electron chi connectivity index (χ0n) is 14.7. The van der Waals surface area contributed by atoms with Crippen LogP contribution in [0.5, 0.6) is 11.5 Å². The summed E-state index contributed by atoms with van der Waals surface area (Å²) in [4.78, 5) is 19.4. The lowest BCUT2D eigenvalue weighted by molar-refractivity contribution is -0.113. The lowest BCUT2D eigenvalue weighted by Gasteiger charge is -2.17. The molecule has 0 unspecified atom stereocenters. The molecule has 3 aromatic rings. The molecule has 1 fully saturated rings. The number of aliphatic imine (C=N–C) groups is 1. The number of thioether (sulfide) groups is 1. The van der Waals surface area contributed by atoms with Gasteiger partial charge in [-0.05, 0) is 47.7 Å². The molecule has 2 N–H and O–H groups in total. The van der Waals surface area contributed by atoms with E-state index in [0.717, 1.165) is 5.56 Å². The third kappa shape index (κ3) is 3.50. The number of amides is 1. The zero-order chi connectivity index (χ0) is 19.5. The van der Waals surface area contributed by atoms with Gasteiger partial charge in [-0.1, -0.05) is 54.6 Å². The summed E-state index contributed by atoms with van der Waals surface area (Å²) in [6, 6.07) is 22.8. The smallest absolute Gasteiger partial charge is 0.271 e. The minimum Gasteiger partial charge on any atom is -0.506 e. The molecule has 1 aliphatic rings. The van der Waals surface area contributed by atoms with Crippen molar-refractivity contribution in [2.45, 2.75) is 0 Å². The van der Waals surface area contributed by atoms with Gasteiger partial charge in [-0.3, -0.25) is 9.69 Å². The van der Waals surface area contributed by atoms with E-state index in [1.807, 2.05) is 30.3 Å². The molecule has 0 bridgehead atoms. The van der Waals surface area contributed by atoms with Crippen molar-refractivity contribution in [3.05, 3.63) is 89.3 Å². The lowest BCUT2D eigenvalue weighted by Crippen LogP contribution is -2.28. The van der Waals surface area contributed by atoms with Gasteiger partial charge in [0, 0.05) is 0 Å². The number of amidine groups is 1. The third-order valence-electron chi connectivity index (χ3n) is 4.12. The maximum absolute atomic E-state index is 13.1. The first-order valence-corrected chi connectivity index (χ1v) is 9.39. The average Bonchev–Trinajstić information content (AvgIpc) is 3.00. The van der Waals surface area contributed by atoms with E-state index < -0.39 is 0 Å². The summed E-state index contributed by atoms with van der Waals surface area (Å²) in [5.74, 6) is -0.298. The van der Waals surface area contributed by atoms with Crippen LogP contribution in [0.3, 0.4) is 0 Å². The minimum absolute atomic E-state index is 0.0146. The largest absolute Gasteiger partial charge is 0.506 e. The molecule has 1 aliphatic heterocycles. The molecule has 0 atom stereocenters. The Hall–Kier alpha value is -3.51. The van der Waals surface area contributed by atoms with E-state index in [0.29, 0.717) is 21.4 Å². The summed E-state index contributed by atoms with van der Waals surface area (Å²) in [5.41, 5.74) is 1.57. The van der Waals surface area contributed by atoms with E-state index in [4.69, 9.17) is 0 Å². The summed E-state index contributed by atoms with van der Waals surface area (Å²) < 4.78 is 0. The van der Waals surface area contributed by atoms with Crippen molar-refractivity contribution in [1.29, 1.82) is 0 Å². The van der Waals surface area contributed by atoms with Crippen LogP contribution in [0.2, 0.25) is 0 Å². The van der Waals surface area contributed by atoms with Gasteiger partial charge in [0.05, 0.1) is 10.6 Å². The Kier molecular flexibility index (Phi) is 4.87. The fourth-order valence-corrected chi connectivity index (χ4v) is 3.76. The van der Waals surface area contributed by atoms with Crippen molar-refractivity contribution in [2.75, 3.05) is 4.90 Å². The van der Waals surface area contributed by atoms with Crippen LogP contribution in [0.4, 0.5) is 11.4 Å². The van der Waals surface area contributed by atoms with E-state index >= 15 is 0 Å². The number of carbonyl (C=O) groups is 1. The molecule has 1 heterocycles. The van der Waals surface area contributed by atoms with Crippen LogP contribution in [0.15, 0.2) is 88.8 Å². The highest BCUT2D eigenvalue weighted by Gasteiger charge is 2.36. The minimum atomic E-state index is -0.287. The Morgan fingerprint density at radius 3 is 2.18 bits per heavy atom. The molecule has 28 heavy (non-hydrogen) atoms. The number of rotatable bonds is 3. The number of nitrogens with zero attached hydrogens (tertiary/aromatic N) is 2. The summed E-state index contributed by atoms with van der Waals surface area (Å²) >= 11 is 1.19. The SMILES string of the molecule is O=C1/C(=C/c2ccccc2)SC(=Nc2ccccc2O)N1c1ccccc1O. The predicted molar refractivity (Wildman–Crippen MR) is 113 cm³/mol. The van der Waals surface area contributed by atoms with Gasteiger partial charge in [0.2, 0.25) is 0 Å². The van der Waals surface area contributed by atoms with Crippen molar-refractivity contribution >= 4 is 40.3 Å². The molecule has 0 saturated carbocycles. The van der Waals surface area contributed by atoms with Gasteiger partial charge < -0.3 is 10.2 Å². The first-order valence-electron chi connectivity index (χ1n) is 8.57. The molecular formula is C22H16N2O3S. The number of benzene rings is 3. The van der Waals surface area contributed by atoms with Crippen molar-refractivity contribution in [1.82, 2.24) is 0 Å². The molecule has 1 amide bonds. The van der Waals surface area contributed by atoms with E-state index in [2.05, 4.69) is 4.99 Å². The number of hydrogen-bond donors (Lipinski definition) is 2.